The van der Waals surface area contributed by atoms with Crippen LogP contribution in [-0.4, -0.2) is 43.1 Å². The van der Waals surface area contributed by atoms with Crippen LogP contribution in [0.3, 0.4) is 0 Å². The third kappa shape index (κ3) is 5.32. The largest absolute Gasteiger partial charge is 0.496 e. The van der Waals surface area contributed by atoms with Crippen molar-refractivity contribution >= 4 is 73.8 Å². The number of sulfonamides is 1. The van der Waals surface area contributed by atoms with Gasteiger partial charge < -0.3 is 10.1 Å². The fourth-order valence-electron chi connectivity index (χ4n) is 5.43. The number of aromatic nitrogens is 1. The lowest BCUT2D eigenvalue weighted by Crippen LogP contribution is -2.33. The molecule has 0 spiro atoms. The second kappa shape index (κ2) is 11.5. The smallest absolute Gasteiger partial charge is 0.308 e. The predicted molar refractivity (Wildman–Crippen MR) is 167 cm³/mol. The average molecular weight is 671 g/mol. The van der Waals surface area contributed by atoms with Crippen LogP contribution in [0.15, 0.2) is 87.5 Å². The van der Waals surface area contributed by atoms with Crippen molar-refractivity contribution in [2.75, 3.05) is 17.3 Å². The monoisotopic (exact) mass is 670 g/mol. The summed E-state index contributed by atoms with van der Waals surface area (Å²) in [5.74, 6) is -2.46. The van der Waals surface area contributed by atoms with Crippen LogP contribution in [0.25, 0.3) is 0 Å². The number of nitrogens with two attached hydrogens (primary N) is 1. The number of thioether (sulfide) groups is 1. The van der Waals surface area contributed by atoms with Gasteiger partial charge in [-0.05, 0) is 54.6 Å². The molecule has 3 N–H and O–H groups in total. The molecule has 3 aromatic carbocycles. The number of halogens is 1. The maximum absolute atomic E-state index is 14.0. The molecule has 1 aromatic heterocycles. The van der Waals surface area contributed by atoms with Crippen molar-refractivity contribution in [3.8, 4) is 5.75 Å². The summed E-state index contributed by atoms with van der Waals surface area (Å²) in [5.41, 5.74) is 1.32. The Bertz CT molecular complexity index is 1970. The number of carbonyl (C=O) groups excluding carboxylic acids is 3. The minimum atomic E-state index is -3.91. The number of hydrogen-bond acceptors (Lipinski definition) is 9. The van der Waals surface area contributed by atoms with E-state index in [-0.39, 0.29) is 11.4 Å². The van der Waals surface area contributed by atoms with Gasteiger partial charge in [-0.1, -0.05) is 52.9 Å². The highest BCUT2D eigenvalue weighted by atomic mass is 35.5. The number of thiazole rings is 1. The molecule has 4 aromatic rings. The number of imide groups is 1. The van der Waals surface area contributed by atoms with Crippen LogP contribution in [0.5, 0.6) is 5.75 Å². The molecule has 3 heterocycles. The van der Waals surface area contributed by atoms with Crippen LogP contribution >= 0.6 is 34.7 Å². The maximum atomic E-state index is 14.0. The zero-order valence-electron chi connectivity index (χ0n) is 22.8. The first-order chi connectivity index (χ1) is 21.0. The van der Waals surface area contributed by atoms with Crippen molar-refractivity contribution in [2.24, 2.45) is 11.1 Å². The number of nitrogens with zero attached hydrogens (tertiary/aromatic N) is 2. The molecule has 44 heavy (non-hydrogen) atoms. The van der Waals surface area contributed by atoms with Gasteiger partial charge in [-0.25, -0.2) is 18.5 Å². The molecule has 0 radical (unpaired) electrons. The summed E-state index contributed by atoms with van der Waals surface area (Å²) in [7, 11) is -2.40. The second-order valence-corrected chi connectivity index (χ2v) is 14.1. The van der Waals surface area contributed by atoms with Crippen molar-refractivity contribution in [1.82, 2.24) is 4.57 Å². The Balaban J connectivity index is 1.39. The Labute approximate surface area is 264 Å². The summed E-state index contributed by atoms with van der Waals surface area (Å²) < 4.78 is 30.0. The molecular formula is C29H23ClN4O7S3. The number of amides is 3. The zero-order chi connectivity index (χ0) is 31.3. The number of nitrogens with one attached hydrogen (secondary N) is 1. The van der Waals surface area contributed by atoms with Crippen molar-refractivity contribution in [3.63, 3.8) is 0 Å². The van der Waals surface area contributed by atoms with Crippen molar-refractivity contribution in [2.45, 2.75) is 27.6 Å². The van der Waals surface area contributed by atoms with Gasteiger partial charge in [0.2, 0.25) is 27.7 Å². The maximum Gasteiger partial charge on any atom is 0.308 e. The summed E-state index contributed by atoms with van der Waals surface area (Å²) in [4.78, 5) is 55.5. The molecule has 0 saturated carbocycles. The van der Waals surface area contributed by atoms with Gasteiger partial charge in [-0.2, -0.15) is 0 Å². The van der Waals surface area contributed by atoms with Gasteiger partial charge in [0.1, 0.15) is 17.5 Å². The Hall–Kier alpha value is -3.95. The minimum Gasteiger partial charge on any atom is -0.496 e. The van der Waals surface area contributed by atoms with Gasteiger partial charge in [0.05, 0.1) is 28.6 Å². The highest BCUT2D eigenvalue weighted by molar-refractivity contribution is 8.00. The molecule has 2 aliphatic heterocycles. The Kier molecular flexibility index (Phi) is 7.88. The molecule has 226 valence electrons. The van der Waals surface area contributed by atoms with E-state index in [1.807, 2.05) is 0 Å². The molecule has 3 amide bonds. The number of ether oxygens (including phenoxy) is 1. The molecular weight excluding hydrogens is 648 g/mol. The lowest BCUT2D eigenvalue weighted by Gasteiger charge is -2.31. The van der Waals surface area contributed by atoms with Gasteiger partial charge >= 0.3 is 4.87 Å². The molecule has 3 atom stereocenters. The van der Waals surface area contributed by atoms with Crippen LogP contribution in [0.2, 0.25) is 5.02 Å². The van der Waals surface area contributed by atoms with E-state index in [9.17, 15) is 27.6 Å². The van der Waals surface area contributed by atoms with Gasteiger partial charge in [0, 0.05) is 27.1 Å². The Morgan fingerprint density at radius 1 is 1.00 bits per heavy atom. The number of primary sulfonamides is 1. The molecule has 11 nitrogen and oxygen atoms in total. The highest BCUT2D eigenvalue weighted by Gasteiger charge is 2.57. The summed E-state index contributed by atoms with van der Waals surface area (Å²) in [6, 6.07) is 18.8. The third-order valence-corrected chi connectivity index (χ3v) is 11.2. The van der Waals surface area contributed by atoms with Crippen LogP contribution in [0.1, 0.15) is 16.4 Å². The number of methoxy groups -OCH3 is 1. The van der Waals surface area contributed by atoms with E-state index in [1.165, 1.54) is 35.9 Å². The standard InChI is InChI=1S/C29H23ClN4O7S3/c1-41-20-5-3-2-4-19(20)22-23-24(27(37)34(26(23)36)17-10-6-15(30)7-11-17)42-28-25(22)43-29(38)33(28)14-21(35)32-16-8-12-18(13-9-16)44(31,39)40/h2-13,22-24H,14H2,1H3,(H,32,35)(H2,31,39,40). The summed E-state index contributed by atoms with van der Waals surface area (Å²) >= 11 is 8.05. The van der Waals surface area contributed by atoms with E-state index in [1.54, 1.807) is 48.5 Å². The van der Waals surface area contributed by atoms with Crippen molar-refractivity contribution in [3.05, 3.63) is 97.9 Å². The minimum absolute atomic E-state index is 0.115. The average Bonchev–Trinajstić information content (AvgIpc) is 3.43. The van der Waals surface area contributed by atoms with Crippen LogP contribution in [-0.2, 0) is 31.0 Å². The number of para-hydroxylation sites is 1. The van der Waals surface area contributed by atoms with Crippen molar-refractivity contribution < 1.29 is 27.5 Å². The summed E-state index contributed by atoms with van der Waals surface area (Å²) in [6.07, 6.45) is 0. The van der Waals surface area contributed by atoms with Gasteiger partial charge in [-0.3, -0.25) is 23.7 Å². The number of anilines is 2. The predicted octanol–water partition coefficient (Wildman–Crippen LogP) is 3.65. The fourth-order valence-corrected chi connectivity index (χ4v) is 8.84. The second-order valence-electron chi connectivity index (χ2n) is 10.0. The lowest BCUT2D eigenvalue weighted by atomic mass is 9.82. The molecule has 1 saturated heterocycles. The van der Waals surface area contributed by atoms with Crippen molar-refractivity contribution in [1.29, 1.82) is 0 Å². The fraction of sp³-hybridized carbons (Fsp3) is 0.172. The summed E-state index contributed by atoms with van der Waals surface area (Å²) in [6.45, 7) is -0.381. The molecule has 3 unspecified atom stereocenters. The normalized spacial score (nSPS) is 19.4. The van der Waals surface area contributed by atoms with Crippen LogP contribution < -0.4 is 25.0 Å². The SMILES string of the molecule is COc1ccccc1C1c2sc(=O)n(CC(=O)Nc3ccc(S(N)(=O)=O)cc3)c2SC2C(=O)N(c3ccc(Cl)cc3)C(=O)C21. The van der Waals surface area contributed by atoms with Crippen LogP contribution in [0, 0.1) is 5.92 Å². The molecule has 6 rings (SSSR count). The molecule has 0 bridgehead atoms. The lowest BCUT2D eigenvalue weighted by molar-refractivity contribution is -0.122. The number of fused-ring (bicyclic) bond motifs is 2. The first kappa shape index (κ1) is 30.1. The molecule has 1 fully saturated rings. The van der Waals surface area contributed by atoms with E-state index < -0.39 is 49.7 Å². The van der Waals surface area contributed by atoms with Gasteiger partial charge in [0.25, 0.3) is 0 Å². The Morgan fingerprint density at radius 3 is 2.34 bits per heavy atom. The number of carbonyl (C=O) groups is 3. The van der Waals surface area contributed by atoms with Crippen LogP contribution in [0.4, 0.5) is 11.4 Å². The quantitative estimate of drug-likeness (QED) is 0.282. The van der Waals surface area contributed by atoms with E-state index in [4.69, 9.17) is 21.5 Å². The molecule has 0 aliphatic carbocycles. The zero-order valence-corrected chi connectivity index (χ0v) is 26.0. The highest BCUT2D eigenvalue weighted by Crippen LogP contribution is 2.55. The third-order valence-electron chi connectivity index (χ3n) is 7.38. The summed E-state index contributed by atoms with van der Waals surface area (Å²) in [5, 5.41) is 7.78. The first-order valence-electron chi connectivity index (χ1n) is 13.1. The number of rotatable bonds is 7. The molecule has 15 heteroatoms. The van der Waals surface area contributed by atoms with E-state index in [2.05, 4.69) is 5.32 Å². The number of benzene rings is 3. The number of hydrogen-bond donors (Lipinski definition) is 2. The van der Waals surface area contributed by atoms with Gasteiger partial charge in [-0.15, -0.1) is 0 Å². The Morgan fingerprint density at radius 2 is 1.68 bits per heavy atom. The van der Waals surface area contributed by atoms with E-state index in [0.29, 0.717) is 37.6 Å². The van der Waals surface area contributed by atoms with Gasteiger partial charge in [0.15, 0.2) is 0 Å². The molecule has 2 aliphatic rings. The van der Waals surface area contributed by atoms with E-state index >= 15 is 0 Å². The topological polar surface area (TPSA) is 158 Å². The first-order valence-corrected chi connectivity index (χ1v) is 16.7. The van der Waals surface area contributed by atoms with E-state index in [0.717, 1.165) is 28.0 Å².